The summed E-state index contributed by atoms with van der Waals surface area (Å²) in [7, 11) is -3.63. The molecule has 3 aromatic rings. The first-order chi connectivity index (χ1) is 14.1. The molecule has 0 aliphatic carbocycles. The lowest BCUT2D eigenvalue weighted by Crippen LogP contribution is -2.40. The average molecular weight is 427 g/mol. The molecule has 0 atom stereocenters. The highest BCUT2D eigenvalue weighted by atomic mass is 32.2. The van der Waals surface area contributed by atoms with E-state index in [1.807, 2.05) is 56.5 Å². The Morgan fingerprint density at radius 2 is 1.87 bits per heavy atom. The topological polar surface area (TPSA) is 113 Å². The minimum atomic E-state index is -3.63. The first-order valence-electron chi connectivity index (χ1n) is 9.80. The molecule has 8 nitrogen and oxygen atoms in total. The minimum absolute atomic E-state index is 0.200. The van der Waals surface area contributed by atoms with Gasteiger partial charge in [-0.3, -0.25) is 4.57 Å². The molecule has 0 radical (unpaired) electrons. The molecular weight excluding hydrogens is 400 g/mol. The summed E-state index contributed by atoms with van der Waals surface area (Å²) in [4.78, 5) is 7.65. The second-order valence-corrected chi connectivity index (χ2v) is 9.78. The number of azide groups is 1. The maximum atomic E-state index is 12.7. The zero-order chi connectivity index (χ0) is 21.9. The number of imidazole rings is 1. The van der Waals surface area contributed by atoms with Crippen molar-refractivity contribution in [2.45, 2.75) is 51.0 Å². The van der Waals surface area contributed by atoms with Gasteiger partial charge in [-0.05, 0) is 68.6 Å². The molecule has 9 heteroatoms. The largest absolute Gasteiger partial charge is 0.296 e. The van der Waals surface area contributed by atoms with Gasteiger partial charge < -0.3 is 0 Å². The summed E-state index contributed by atoms with van der Waals surface area (Å²) in [6.07, 6.45) is 1.38. The monoisotopic (exact) mass is 426 g/mol. The summed E-state index contributed by atoms with van der Waals surface area (Å²) in [5.41, 5.74) is 11.3. The van der Waals surface area contributed by atoms with Gasteiger partial charge in [0.2, 0.25) is 10.0 Å². The Kier molecular flexibility index (Phi) is 6.17. The van der Waals surface area contributed by atoms with Crippen LogP contribution in [-0.2, 0) is 22.9 Å². The third kappa shape index (κ3) is 4.81. The molecule has 0 bridgehead atoms. The SMILES string of the molecule is CCc1nc2cc(S(=O)(=O)NC(C)(C)C)ccc2n1-c1ccc(CCN=[N+]=[N-])cc1. The molecule has 0 amide bonds. The Hall–Kier alpha value is -2.87. The number of aromatic nitrogens is 2. The van der Waals surface area contributed by atoms with E-state index in [0.717, 1.165) is 22.6 Å². The summed E-state index contributed by atoms with van der Waals surface area (Å²) >= 11 is 0. The molecule has 0 fully saturated rings. The molecular formula is C21H26N6O2S. The lowest BCUT2D eigenvalue weighted by atomic mass is 10.1. The van der Waals surface area contributed by atoms with Crippen LogP contribution in [0.2, 0.25) is 0 Å². The highest BCUT2D eigenvalue weighted by Gasteiger charge is 2.23. The Morgan fingerprint density at radius 3 is 2.47 bits per heavy atom. The third-order valence-electron chi connectivity index (χ3n) is 4.52. The van der Waals surface area contributed by atoms with Gasteiger partial charge in [-0.2, -0.15) is 0 Å². The number of rotatable bonds is 7. The molecule has 30 heavy (non-hydrogen) atoms. The number of benzene rings is 2. The lowest BCUT2D eigenvalue weighted by molar-refractivity contribution is 0.491. The van der Waals surface area contributed by atoms with Crippen molar-refractivity contribution in [3.05, 3.63) is 64.3 Å². The highest BCUT2D eigenvalue weighted by Crippen LogP contribution is 2.25. The van der Waals surface area contributed by atoms with Crippen molar-refractivity contribution in [1.29, 1.82) is 0 Å². The predicted molar refractivity (Wildman–Crippen MR) is 118 cm³/mol. The standard InChI is InChI=1S/C21H26N6O2S/c1-5-20-24-18-14-17(30(28,29)25-21(2,3)4)10-11-19(18)27(20)16-8-6-15(7-9-16)12-13-23-26-22/h6-11,14,25H,5,12-13H2,1-4H3. The van der Waals surface area contributed by atoms with Crippen LogP contribution < -0.4 is 4.72 Å². The molecule has 158 valence electrons. The van der Waals surface area contributed by atoms with Gasteiger partial charge in [-0.15, -0.1) is 0 Å². The molecule has 1 N–H and O–H groups in total. The van der Waals surface area contributed by atoms with Crippen LogP contribution >= 0.6 is 0 Å². The Bertz CT molecular complexity index is 1200. The van der Waals surface area contributed by atoms with Gasteiger partial charge in [-0.1, -0.05) is 24.2 Å². The fourth-order valence-electron chi connectivity index (χ4n) is 3.30. The fourth-order valence-corrected chi connectivity index (χ4v) is 4.74. The molecule has 2 aromatic carbocycles. The quantitative estimate of drug-likeness (QED) is 0.340. The van der Waals surface area contributed by atoms with Crippen molar-refractivity contribution in [3.8, 4) is 5.69 Å². The van der Waals surface area contributed by atoms with Gasteiger partial charge in [-0.25, -0.2) is 18.1 Å². The molecule has 3 rings (SSSR count). The van der Waals surface area contributed by atoms with Crippen molar-refractivity contribution in [1.82, 2.24) is 14.3 Å². The van der Waals surface area contributed by atoms with Crippen LogP contribution in [0.1, 0.15) is 39.1 Å². The summed E-state index contributed by atoms with van der Waals surface area (Å²) < 4.78 is 30.1. The number of hydrogen-bond acceptors (Lipinski definition) is 4. The van der Waals surface area contributed by atoms with E-state index in [-0.39, 0.29) is 4.90 Å². The average Bonchev–Trinajstić information content (AvgIpc) is 3.05. The van der Waals surface area contributed by atoms with E-state index in [4.69, 9.17) is 5.53 Å². The molecule has 0 saturated heterocycles. The van der Waals surface area contributed by atoms with Crippen LogP contribution in [0.15, 0.2) is 52.5 Å². The molecule has 1 heterocycles. The van der Waals surface area contributed by atoms with Gasteiger partial charge in [0.05, 0.1) is 15.9 Å². The van der Waals surface area contributed by atoms with Crippen LogP contribution in [-0.4, -0.2) is 30.1 Å². The van der Waals surface area contributed by atoms with Gasteiger partial charge >= 0.3 is 0 Å². The van der Waals surface area contributed by atoms with Crippen LogP contribution in [0.25, 0.3) is 27.2 Å². The first kappa shape index (κ1) is 21.8. The zero-order valence-electron chi connectivity index (χ0n) is 17.6. The van der Waals surface area contributed by atoms with E-state index in [9.17, 15) is 8.42 Å². The molecule has 0 aliphatic heterocycles. The van der Waals surface area contributed by atoms with E-state index in [1.165, 1.54) is 0 Å². The summed E-state index contributed by atoms with van der Waals surface area (Å²) in [6.45, 7) is 7.87. The normalized spacial score (nSPS) is 12.1. The second kappa shape index (κ2) is 8.47. The van der Waals surface area contributed by atoms with Crippen molar-refractivity contribution in [2.75, 3.05) is 6.54 Å². The maximum Gasteiger partial charge on any atom is 0.241 e. The van der Waals surface area contributed by atoms with Crippen LogP contribution in [0, 0.1) is 0 Å². The van der Waals surface area contributed by atoms with Gasteiger partial charge in [0.15, 0.2) is 0 Å². The van der Waals surface area contributed by atoms with E-state index in [0.29, 0.717) is 24.9 Å². The molecule has 1 aromatic heterocycles. The lowest BCUT2D eigenvalue weighted by Gasteiger charge is -2.20. The smallest absolute Gasteiger partial charge is 0.241 e. The number of nitrogens with one attached hydrogen (secondary N) is 1. The van der Waals surface area contributed by atoms with Gasteiger partial charge in [0, 0.05) is 29.1 Å². The molecule has 0 unspecified atom stereocenters. The maximum absolute atomic E-state index is 12.7. The number of aryl methyl sites for hydroxylation is 1. The summed E-state index contributed by atoms with van der Waals surface area (Å²) in [6, 6.07) is 13.0. The zero-order valence-corrected chi connectivity index (χ0v) is 18.4. The number of sulfonamides is 1. The second-order valence-electron chi connectivity index (χ2n) is 8.09. The summed E-state index contributed by atoms with van der Waals surface area (Å²) in [5, 5.41) is 3.57. The molecule has 0 aliphatic rings. The van der Waals surface area contributed by atoms with E-state index in [2.05, 4.69) is 19.7 Å². The van der Waals surface area contributed by atoms with Crippen LogP contribution in [0.4, 0.5) is 0 Å². The van der Waals surface area contributed by atoms with Gasteiger partial charge in [0.1, 0.15) is 5.82 Å². The summed E-state index contributed by atoms with van der Waals surface area (Å²) in [5.74, 6) is 0.852. The van der Waals surface area contributed by atoms with Crippen molar-refractivity contribution in [3.63, 3.8) is 0 Å². The van der Waals surface area contributed by atoms with E-state index in [1.54, 1.807) is 18.2 Å². The first-order valence-corrected chi connectivity index (χ1v) is 11.3. The van der Waals surface area contributed by atoms with Crippen molar-refractivity contribution in [2.24, 2.45) is 5.11 Å². The van der Waals surface area contributed by atoms with Crippen LogP contribution in [0.3, 0.4) is 0 Å². The van der Waals surface area contributed by atoms with Gasteiger partial charge in [0.25, 0.3) is 0 Å². The molecule has 0 saturated carbocycles. The van der Waals surface area contributed by atoms with Crippen LogP contribution in [0.5, 0.6) is 0 Å². The third-order valence-corrected chi connectivity index (χ3v) is 6.28. The van der Waals surface area contributed by atoms with Crippen molar-refractivity contribution < 1.29 is 8.42 Å². The highest BCUT2D eigenvalue weighted by molar-refractivity contribution is 7.89. The Morgan fingerprint density at radius 1 is 1.17 bits per heavy atom. The Labute approximate surface area is 176 Å². The number of fused-ring (bicyclic) bond motifs is 1. The predicted octanol–water partition coefficient (Wildman–Crippen LogP) is 4.52. The Balaban J connectivity index is 2.01. The minimum Gasteiger partial charge on any atom is -0.296 e. The molecule has 0 spiro atoms. The van der Waals surface area contributed by atoms with E-state index < -0.39 is 15.6 Å². The number of hydrogen-bond donors (Lipinski definition) is 1. The van der Waals surface area contributed by atoms with E-state index >= 15 is 0 Å². The van der Waals surface area contributed by atoms with Crippen molar-refractivity contribution >= 4 is 21.1 Å². The number of nitrogens with zero attached hydrogens (tertiary/aromatic N) is 5. The fraction of sp³-hybridized carbons (Fsp3) is 0.381.